The summed E-state index contributed by atoms with van der Waals surface area (Å²) in [6.07, 6.45) is 6.27. The van der Waals surface area contributed by atoms with Crippen molar-refractivity contribution >= 4 is 28.9 Å². The van der Waals surface area contributed by atoms with Gasteiger partial charge in [0.15, 0.2) is 0 Å². The molecule has 7 nitrogen and oxygen atoms in total. The van der Waals surface area contributed by atoms with Crippen LogP contribution < -0.4 is 15.8 Å². The maximum Gasteiger partial charge on any atom is 0.287 e. The average Bonchev–Trinajstić information content (AvgIpc) is 2.85. The van der Waals surface area contributed by atoms with Gasteiger partial charge in [-0.05, 0) is 50.7 Å². The van der Waals surface area contributed by atoms with Crippen LogP contribution in [0.25, 0.3) is 0 Å². The Kier molecular flexibility index (Phi) is 10.6. The summed E-state index contributed by atoms with van der Waals surface area (Å²) in [7, 11) is 0. The number of piperidine rings is 1. The fraction of sp³-hybridized carbons (Fsp3) is 0.500. The molecule has 2 aromatic rings. The van der Waals surface area contributed by atoms with Crippen molar-refractivity contribution in [3.63, 3.8) is 0 Å². The van der Waals surface area contributed by atoms with Crippen LogP contribution in [0.2, 0.25) is 5.02 Å². The topological polar surface area (TPSA) is 76.5 Å². The summed E-state index contributed by atoms with van der Waals surface area (Å²) in [5.41, 5.74) is 0.132. The molecule has 3 heterocycles. The molecule has 1 aromatic carbocycles. The van der Waals surface area contributed by atoms with Crippen molar-refractivity contribution in [1.82, 2.24) is 9.78 Å². The second-order valence-corrected chi connectivity index (χ2v) is 9.48. The van der Waals surface area contributed by atoms with Crippen molar-refractivity contribution in [3.05, 3.63) is 63.3 Å². The number of carbonyl (C=O) groups is 1. The van der Waals surface area contributed by atoms with Gasteiger partial charge in [0.1, 0.15) is 16.7 Å². The van der Waals surface area contributed by atoms with Gasteiger partial charge in [0, 0.05) is 37.9 Å². The van der Waals surface area contributed by atoms with Gasteiger partial charge in [-0.25, -0.2) is 17.9 Å². The molecule has 1 amide bonds. The van der Waals surface area contributed by atoms with Gasteiger partial charge in [-0.1, -0.05) is 24.6 Å². The summed E-state index contributed by atoms with van der Waals surface area (Å²) < 4.78 is 45.3. The molecule has 1 N–H and O–H groups in total. The van der Waals surface area contributed by atoms with Crippen LogP contribution in [0.5, 0.6) is 0 Å². The fourth-order valence-corrected chi connectivity index (χ4v) is 4.53. The van der Waals surface area contributed by atoms with Crippen molar-refractivity contribution in [3.8, 4) is 0 Å². The summed E-state index contributed by atoms with van der Waals surface area (Å²) in [4.78, 5) is 26.7. The first-order chi connectivity index (χ1) is 17.7. The molecular weight excluding hydrogens is 509 g/mol. The molecule has 11 heteroatoms. The van der Waals surface area contributed by atoms with E-state index in [-0.39, 0.29) is 35.4 Å². The lowest BCUT2D eigenvalue weighted by Crippen LogP contribution is -2.42. The van der Waals surface area contributed by atoms with E-state index in [1.165, 1.54) is 22.7 Å². The molecule has 2 aliphatic heterocycles. The number of halogens is 4. The quantitative estimate of drug-likeness (QED) is 0.512. The molecule has 0 aliphatic carbocycles. The molecule has 0 bridgehead atoms. The Morgan fingerprint density at radius 1 is 1.24 bits per heavy atom. The minimum absolute atomic E-state index is 0.0203. The average molecular weight is 541 g/mol. The van der Waals surface area contributed by atoms with Crippen LogP contribution in [-0.4, -0.2) is 42.0 Å². The molecule has 0 radical (unpaired) electrons. The summed E-state index contributed by atoms with van der Waals surface area (Å²) in [6, 6.07) is 2.50. The largest absolute Gasteiger partial charge is 0.382 e. The lowest BCUT2D eigenvalue weighted by Gasteiger charge is -2.32. The summed E-state index contributed by atoms with van der Waals surface area (Å²) in [5.74, 6) is -1.58. The summed E-state index contributed by atoms with van der Waals surface area (Å²) in [5, 5.41) is 7.41. The number of benzene rings is 1. The van der Waals surface area contributed by atoms with Crippen molar-refractivity contribution in [1.29, 1.82) is 0 Å². The predicted molar refractivity (Wildman–Crippen MR) is 138 cm³/mol. The van der Waals surface area contributed by atoms with Crippen LogP contribution in [0, 0.1) is 17.6 Å². The summed E-state index contributed by atoms with van der Waals surface area (Å²) in [6.45, 7) is 5.64. The van der Waals surface area contributed by atoms with Gasteiger partial charge in [0.05, 0.1) is 30.4 Å². The highest BCUT2D eigenvalue weighted by Gasteiger charge is 2.30. The lowest BCUT2D eigenvalue weighted by molar-refractivity contribution is -0.120. The normalized spacial score (nSPS) is 20.3. The van der Waals surface area contributed by atoms with Crippen LogP contribution in [-0.2, 0) is 9.53 Å². The smallest absolute Gasteiger partial charge is 0.287 e. The first-order valence-corrected chi connectivity index (χ1v) is 12.7. The van der Waals surface area contributed by atoms with Crippen LogP contribution in [0.1, 0.15) is 52.0 Å². The first kappa shape index (κ1) is 28.7. The lowest BCUT2D eigenvalue weighted by atomic mass is 10.0. The predicted octanol–water partition coefficient (Wildman–Crippen LogP) is 5.65. The van der Waals surface area contributed by atoms with Gasteiger partial charge in [-0.3, -0.25) is 9.59 Å². The van der Waals surface area contributed by atoms with E-state index in [0.717, 1.165) is 44.1 Å². The molecule has 0 saturated carbocycles. The highest BCUT2D eigenvalue weighted by Crippen LogP contribution is 2.28. The number of nitrogens with one attached hydrogen (secondary N) is 1. The van der Waals surface area contributed by atoms with Crippen molar-refractivity contribution in [2.75, 3.05) is 36.5 Å². The molecule has 37 heavy (non-hydrogen) atoms. The number of rotatable bonds is 6. The molecule has 0 spiro atoms. The van der Waals surface area contributed by atoms with Crippen molar-refractivity contribution < 1.29 is 22.7 Å². The van der Waals surface area contributed by atoms with E-state index in [9.17, 15) is 22.8 Å². The van der Waals surface area contributed by atoms with Crippen LogP contribution >= 0.6 is 11.6 Å². The molecular formula is C26H32ClF3N4O3. The number of ether oxygens (including phenoxy) is 1. The van der Waals surface area contributed by atoms with E-state index in [0.29, 0.717) is 31.2 Å². The third-order valence-electron chi connectivity index (χ3n) is 6.17. The van der Waals surface area contributed by atoms with E-state index < -0.39 is 23.2 Å². The number of nitrogens with zero attached hydrogens (tertiary/aromatic N) is 3. The van der Waals surface area contributed by atoms with Crippen molar-refractivity contribution in [2.45, 2.75) is 52.0 Å². The molecule has 2 unspecified atom stereocenters. The minimum atomic E-state index is -0.752. The number of aromatic nitrogens is 2. The molecule has 1 aromatic heterocycles. The molecule has 2 fully saturated rings. The standard InChI is InChI=1S/C21H23ClF2N4O3.C5H9F/c22-20-18(25-10-13-2-1-5-31-12-13)11-26-28(21(20)30)16-3-4-27(19(29)9-16)17-7-14(23)6-15(24)8-17;1-3-4-5(2)6/h6-8,11,13,16,25H,1-5,9-10,12H2;4H,3H2,1-2H3/b;5-4+. The minimum Gasteiger partial charge on any atom is -0.382 e. The zero-order chi connectivity index (χ0) is 26.9. The van der Waals surface area contributed by atoms with E-state index in [4.69, 9.17) is 16.3 Å². The zero-order valence-corrected chi connectivity index (χ0v) is 21.7. The number of hydrogen-bond acceptors (Lipinski definition) is 5. The zero-order valence-electron chi connectivity index (χ0n) is 21.0. The first-order valence-electron chi connectivity index (χ1n) is 12.4. The number of amides is 1. The van der Waals surface area contributed by atoms with Crippen molar-refractivity contribution in [2.24, 2.45) is 5.92 Å². The van der Waals surface area contributed by atoms with E-state index in [2.05, 4.69) is 10.4 Å². The Hall–Kier alpha value is -2.85. The van der Waals surface area contributed by atoms with E-state index in [1.807, 2.05) is 6.92 Å². The molecule has 2 aliphatic rings. The fourth-order valence-electron chi connectivity index (χ4n) is 4.33. The summed E-state index contributed by atoms with van der Waals surface area (Å²) >= 11 is 6.29. The van der Waals surface area contributed by atoms with Crippen LogP contribution in [0.4, 0.5) is 24.5 Å². The van der Waals surface area contributed by atoms with E-state index >= 15 is 0 Å². The second-order valence-electron chi connectivity index (χ2n) is 9.10. The second kappa shape index (κ2) is 13.6. The highest BCUT2D eigenvalue weighted by atomic mass is 35.5. The SMILES string of the molecule is CC/C=C(\C)F.O=C1CC(n2ncc(NCC3CCCOC3)c(Cl)c2=O)CCN1c1cc(F)cc(F)c1. The maximum atomic E-state index is 13.5. The van der Waals surface area contributed by atoms with Gasteiger partial charge >= 0.3 is 0 Å². The highest BCUT2D eigenvalue weighted by molar-refractivity contribution is 6.32. The van der Waals surface area contributed by atoms with Gasteiger partial charge < -0.3 is 15.0 Å². The Morgan fingerprint density at radius 2 is 1.97 bits per heavy atom. The van der Waals surface area contributed by atoms with Crippen LogP contribution in [0.15, 0.2) is 41.1 Å². The van der Waals surface area contributed by atoms with E-state index in [1.54, 1.807) is 6.08 Å². The van der Waals surface area contributed by atoms with Gasteiger partial charge in [-0.15, -0.1) is 0 Å². The Labute approximate surface area is 219 Å². The van der Waals surface area contributed by atoms with Crippen LogP contribution in [0.3, 0.4) is 0 Å². The molecule has 2 saturated heterocycles. The number of allylic oxidation sites excluding steroid dienone is 2. The molecule has 2 atom stereocenters. The Morgan fingerprint density at radius 3 is 2.54 bits per heavy atom. The molecule has 4 rings (SSSR count). The third-order valence-corrected chi connectivity index (χ3v) is 6.53. The number of carbonyl (C=O) groups excluding carboxylic acids is 1. The van der Waals surface area contributed by atoms with Gasteiger partial charge in [-0.2, -0.15) is 5.10 Å². The molecule has 202 valence electrons. The number of anilines is 2. The Balaban J connectivity index is 0.000000568. The monoisotopic (exact) mass is 540 g/mol. The maximum absolute atomic E-state index is 13.5. The Bertz CT molecular complexity index is 1140. The van der Waals surface area contributed by atoms with Gasteiger partial charge in [0.2, 0.25) is 5.91 Å². The third kappa shape index (κ3) is 8.07. The van der Waals surface area contributed by atoms with Gasteiger partial charge in [0.25, 0.3) is 5.56 Å². The number of hydrogen-bond donors (Lipinski definition) is 1.